The van der Waals surface area contributed by atoms with Crippen LogP contribution in [0.4, 0.5) is 4.79 Å². The number of urea groups is 1. The second-order valence-corrected chi connectivity index (χ2v) is 6.35. The molecule has 0 aromatic carbocycles. The van der Waals surface area contributed by atoms with Crippen LogP contribution in [0.25, 0.3) is 0 Å². The summed E-state index contributed by atoms with van der Waals surface area (Å²) in [5.74, 6) is 0.608. The number of nitrogens with one attached hydrogen (secondary N) is 1. The molecule has 0 spiro atoms. The first-order valence-electron chi connectivity index (χ1n) is 7.17. The summed E-state index contributed by atoms with van der Waals surface area (Å²) < 4.78 is 5.64. The van der Waals surface area contributed by atoms with Crippen molar-refractivity contribution in [3.63, 3.8) is 0 Å². The normalized spacial score (nSPS) is 32.1. The van der Waals surface area contributed by atoms with Gasteiger partial charge in [-0.15, -0.1) is 0 Å². The summed E-state index contributed by atoms with van der Waals surface area (Å²) in [6.45, 7) is 8.34. The Morgan fingerprint density at radius 3 is 2.72 bits per heavy atom. The molecule has 0 unspecified atom stereocenters. The fourth-order valence-corrected chi connectivity index (χ4v) is 2.97. The summed E-state index contributed by atoms with van der Waals surface area (Å²) in [7, 11) is 0. The van der Waals surface area contributed by atoms with E-state index in [1.807, 2.05) is 18.7 Å². The van der Waals surface area contributed by atoms with Crippen molar-refractivity contribution in [2.24, 2.45) is 5.92 Å². The molecule has 4 heteroatoms. The molecule has 1 aliphatic heterocycles. The Labute approximate surface area is 110 Å². The minimum absolute atomic E-state index is 0.0881. The zero-order valence-corrected chi connectivity index (χ0v) is 11.9. The molecule has 2 atom stereocenters. The van der Waals surface area contributed by atoms with Crippen molar-refractivity contribution in [3.05, 3.63) is 0 Å². The molecule has 104 valence electrons. The van der Waals surface area contributed by atoms with Gasteiger partial charge in [-0.05, 0) is 32.6 Å². The minimum atomic E-state index is -0.215. The average molecular weight is 254 g/mol. The van der Waals surface area contributed by atoms with E-state index >= 15 is 0 Å². The number of morpholine rings is 1. The molecule has 2 amide bonds. The van der Waals surface area contributed by atoms with Gasteiger partial charge in [0.1, 0.15) is 0 Å². The van der Waals surface area contributed by atoms with E-state index in [-0.39, 0.29) is 11.6 Å². The van der Waals surface area contributed by atoms with Crippen molar-refractivity contribution < 1.29 is 9.53 Å². The summed E-state index contributed by atoms with van der Waals surface area (Å²) >= 11 is 0. The van der Waals surface area contributed by atoms with Gasteiger partial charge in [0.15, 0.2) is 0 Å². The lowest BCUT2D eigenvalue weighted by atomic mass is 9.86. The molecule has 18 heavy (non-hydrogen) atoms. The number of ether oxygens (including phenoxy) is 1. The van der Waals surface area contributed by atoms with Crippen LogP contribution in [0.15, 0.2) is 0 Å². The first-order valence-corrected chi connectivity index (χ1v) is 7.17. The lowest BCUT2D eigenvalue weighted by Crippen LogP contribution is -2.55. The predicted octanol–water partition coefficient (Wildman–Crippen LogP) is 2.39. The van der Waals surface area contributed by atoms with E-state index in [1.54, 1.807) is 0 Å². The van der Waals surface area contributed by atoms with Crippen LogP contribution in [0.3, 0.4) is 0 Å². The number of hydrogen-bond acceptors (Lipinski definition) is 2. The molecule has 0 bridgehead atoms. The molecule has 1 aliphatic carbocycles. The van der Waals surface area contributed by atoms with Gasteiger partial charge in [0.25, 0.3) is 0 Å². The standard InChI is InChI=1S/C14H26N2O2/c1-11-6-4-5-7-12(11)15-13(17)16-8-9-18-14(2,3)10-16/h11-12H,4-10H2,1-3H3,(H,15,17)/t11-,12+/m0/s1. The van der Waals surface area contributed by atoms with Gasteiger partial charge in [-0.25, -0.2) is 4.79 Å². The third-order valence-corrected chi connectivity index (χ3v) is 4.13. The second-order valence-electron chi connectivity index (χ2n) is 6.35. The molecule has 4 nitrogen and oxygen atoms in total. The number of amides is 2. The van der Waals surface area contributed by atoms with E-state index in [0.717, 1.165) is 6.42 Å². The van der Waals surface area contributed by atoms with Gasteiger partial charge in [0.2, 0.25) is 0 Å². The molecular weight excluding hydrogens is 228 g/mol. The molecule has 1 saturated carbocycles. The molecule has 0 aromatic heterocycles. The van der Waals surface area contributed by atoms with Crippen LogP contribution < -0.4 is 5.32 Å². The first kappa shape index (κ1) is 13.7. The number of carbonyl (C=O) groups excluding carboxylic acids is 1. The number of hydrogen-bond donors (Lipinski definition) is 1. The van der Waals surface area contributed by atoms with Crippen LogP contribution in [0.2, 0.25) is 0 Å². The summed E-state index contributed by atoms with van der Waals surface area (Å²) in [5, 5.41) is 3.21. The first-order chi connectivity index (χ1) is 8.48. The quantitative estimate of drug-likeness (QED) is 0.780. The van der Waals surface area contributed by atoms with E-state index in [4.69, 9.17) is 4.74 Å². The molecule has 2 rings (SSSR count). The average Bonchev–Trinajstić information content (AvgIpc) is 2.31. The highest BCUT2D eigenvalue weighted by molar-refractivity contribution is 5.74. The monoisotopic (exact) mass is 254 g/mol. The maximum absolute atomic E-state index is 12.3. The Bertz CT molecular complexity index is 304. The fraction of sp³-hybridized carbons (Fsp3) is 0.929. The van der Waals surface area contributed by atoms with Gasteiger partial charge < -0.3 is 15.0 Å². The van der Waals surface area contributed by atoms with Crippen molar-refractivity contribution in [2.75, 3.05) is 19.7 Å². The molecule has 0 radical (unpaired) electrons. The van der Waals surface area contributed by atoms with Crippen molar-refractivity contribution in [3.8, 4) is 0 Å². The number of nitrogens with zero attached hydrogens (tertiary/aromatic N) is 1. The third kappa shape index (κ3) is 3.37. The molecule has 0 aromatic rings. The SMILES string of the molecule is C[C@H]1CCCC[C@H]1NC(=O)N1CCOC(C)(C)C1. The Kier molecular flexibility index (Phi) is 4.15. The Balaban J connectivity index is 1.87. The van der Waals surface area contributed by atoms with Gasteiger partial charge in [0, 0.05) is 12.6 Å². The van der Waals surface area contributed by atoms with E-state index < -0.39 is 0 Å². The largest absolute Gasteiger partial charge is 0.372 e. The third-order valence-electron chi connectivity index (χ3n) is 4.13. The van der Waals surface area contributed by atoms with Crippen molar-refractivity contribution in [1.29, 1.82) is 0 Å². The van der Waals surface area contributed by atoms with Crippen LogP contribution in [-0.4, -0.2) is 42.3 Å². The zero-order valence-electron chi connectivity index (χ0n) is 11.9. The van der Waals surface area contributed by atoms with E-state index in [9.17, 15) is 4.79 Å². The topological polar surface area (TPSA) is 41.6 Å². The summed E-state index contributed by atoms with van der Waals surface area (Å²) in [6, 6.07) is 0.447. The van der Waals surface area contributed by atoms with E-state index in [2.05, 4.69) is 12.2 Å². The second kappa shape index (κ2) is 5.47. The van der Waals surface area contributed by atoms with Crippen LogP contribution in [0.1, 0.15) is 46.5 Å². The van der Waals surface area contributed by atoms with Gasteiger partial charge in [-0.2, -0.15) is 0 Å². The van der Waals surface area contributed by atoms with Gasteiger partial charge in [0.05, 0.1) is 18.8 Å². The molecule has 2 aliphatic rings. The predicted molar refractivity (Wildman–Crippen MR) is 71.6 cm³/mol. The lowest BCUT2D eigenvalue weighted by molar-refractivity contribution is -0.0737. The summed E-state index contributed by atoms with van der Waals surface area (Å²) in [4.78, 5) is 14.2. The molecule has 1 saturated heterocycles. The Morgan fingerprint density at radius 2 is 2.06 bits per heavy atom. The van der Waals surface area contributed by atoms with Crippen molar-refractivity contribution >= 4 is 6.03 Å². The minimum Gasteiger partial charge on any atom is -0.372 e. The van der Waals surface area contributed by atoms with Crippen LogP contribution in [-0.2, 0) is 4.74 Å². The fourth-order valence-electron chi connectivity index (χ4n) is 2.97. The highest BCUT2D eigenvalue weighted by Crippen LogP contribution is 2.24. The number of rotatable bonds is 1. The molecular formula is C14H26N2O2. The van der Waals surface area contributed by atoms with Gasteiger partial charge >= 0.3 is 6.03 Å². The number of carbonyl (C=O) groups is 1. The van der Waals surface area contributed by atoms with E-state index in [0.29, 0.717) is 31.7 Å². The maximum Gasteiger partial charge on any atom is 0.317 e. The van der Waals surface area contributed by atoms with Gasteiger partial charge in [-0.1, -0.05) is 19.8 Å². The van der Waals surface area contributed by atoms with Crippen LogP contribution >= 0.6 is 0 Å². The van der Waals surface area contributed by atoms with Crippen LogP contribution in [0, 0.1) is 5.92 Å². The summed E-state index contributed by atoms with van der Waals surface area (Å²) in [5.41, 5.74) is -0.215. The smallest absolute Gasteiger partial charge is 0.317 e. The molecule has 2 fully saturated rings. The van der Waals surface area contributed by atoms with Crippen LogP contribution in [0.5, 0.6) is 0 Å². The van der Waals surface area contributed by atoms with Crippen molar-refractivity contribution in [1.82, 2.24) is 10.2 Å². The maximum atomic E-state index is 12.3. The Hall–Kier alpha value is -0.770. The Morgan fingerprint density at radius 1 is 1.33 bits per heavy atom. The highest BCUT2D eigenvalue weighted by atomic mass is 16.5. The highest BCUT2D eigenvalue weighted by Gasteiger charge is 2.31. The molecule has 1 N–H and O–H groups in total. The lowest BCUT2D eigenvalue weighted by Gasteiger charge is -2.39. The summed E-state index contributed by atoms with van der Waals surface area (Å²) in [6.07, 6.45) is 4.90. The van der Waals surface area contributed by atoms with Crippen molar-refractivity contribution in [2.45, 2.75) is 58.1 Å². The van der Waals surface area contributed by atoms with Gasteiger partial charge in [-0.3, -0.25) is 0 Å². The van der Waals surface area contributed by atoms with E-state index in [1.165, 1.54) is 19.3 Å². The zero-order chi connectivity index (χ0) is 13.2. The molecule has 1 heterocycles.